The number of hydrogen-bond donors (Lipinski definition) is 3. The molecule has 1 heterocycles. The van der Waals surface area contributed by atoms with E-state index >= 15 is 0 Å². The van der Waals surface area contributed by atoms with Crippen molar-refractivity contribution in [1.29, 1.82) is 0 Å². The third-order valence-electron chi connectivity index (χ3n) is 4.18. The van der Waals surface area contributed by atoms with Gasteiger partial charge in [-0.15, -0.1) is 0 Å². The molecule has 26 heavy (non-hydrogen) atoms. The summed E-state index contributed by atoms with van der Waals surface area (Å²) in [6, 6.07) is 16.2. The molecule has 2 atom stereocenters. The molecular formula is C20H23FN4O. The molecule has 136 valence electrons. The van der Waals surface area contributed by atoms with Crippen LogP contribution in [0.5, 0.6) is 5.75 Å². The molecule has 5 nitrogen and oxygen atoms in total. The fourth-order valence-corrected chi connectivity index (χ4v) is 2.69. The molecule has 4 N–H and O–H groups in total. The molecule has 0 fully saturated rings. The lowest BCUT2D eigenvalue weighted by Gasteiger charge is -2.28. The number of aliphatic imine (C=N–C) groups is 1. The highest BCUT2D eigenvalue weighted by molar-refractivity contribution is 5.60. The van der Waals surface area contributed by atoms with E-state index in [0.717, 1.165) is 5.82 Å². The maximum absolute atomic E-state index is 12.9. The van der Waals surface area contributed by atoms with Gasteiger partial charge in [0.2, 0.25) is 0 Å². The summed E-state index contributed by atoms with van der Waals surface area (Å²) >= 11 is 0. The number of benzene rings is 2. The molecule has 0 radical (unpaired) electrons. The van der Waals surface area contributed by atoms with E-state index in [-0.39, 0.29) is 11.9 Å². The van der Waals surface area contributed by atoms with Gasteiger partial charge in [0.15, 0.2) is 0 Å². The van der Waals surface area contributed by atoms with Crippen LogP contribution in [0.25, 0.3) is 0 Å². The van der Waals surface area contributed by atoms with Crippen molar-refractivity contribution >= 4 is 6.34 Å². The molecule has 1 aliphatic rings. The second-order valence-electron chi connectivity index (χ2n) is 6.28. The lowest BCUT2D eigenvalue weighted by molar-refractivity contribution is 0.278. The standard InChI is InChI=1S/C20H23FN4O/c1-15(16-5-3-2-4-6-16)25-19-13-20(22,24-14-23-19)11-12-26-18-9-7-17(21)8-10-18/h2-10,13-15,25H,11-12,22H2,1H3,(H,23,24)/t15-,20?/m0/s1. The van der Waals surface area contributed by atoms with E-state index in [1.54, 1.807) is 18.5 Å². The Morgan fingerprint density at radius 3 is 2.65 bits per heavy atom. The molecule has 2 aromatic carbocycles. The monoisotopic (exact) mass is 354 g/mol. The van der Waals surface area contributed by atoms with Crippen LogP contribution < -0.4 is 21.1 Å². The van der Waals surface area contributed by atoms with Gasteiger partial charge in [0.05, 0.1) is 12.9 Å². The number of nitrogens with zero attached hydrogens (tertiary/aromatic N) is 1. The van der Waals surface area contributed by atoms with Crippen LogP contribution in [0.2, 0.25) is 0 Å². The van der Waals surface area contributed by atoms with Crippen molar-refractivity contribution in [3.8, 4) is 5.75 Å². The Balaban J connectivity index is 1.57. The van der Waals surface area contributed by atoms with Gasteiger partial charge in [0, 0.05) is 12.5 Å². The van der Waals surface area contributed by atoms with Crippen molar-refractivity contribution in [1.82, 2.24) is 10.6 Å². The van der Waals surface area contributed by atoms with Crippen LogP contribution >= 0.6 is 0 Å². The van der Waals surface area contributed by atoms with Crippen molar-refractivity contribution in [2.75, 3.05) is 6.61 Å². The van der Waals surface area contributed by atoms with Gasteiger partial charge in [-0.2, -0.15) is 0 Å². The molecule has 3 rings (SSSR count). The van der Waals surface area contributed by atoms with Crippen LogP contribution in [-0.4, -0.2) is 18.6 Å². The van der Waals surface area contributed by atoms with Crippen LogP contribution in [0.1, 0.15) is 24.9 Å². The Labute approximate surface area is 152 Å². The second kappa shape index (κ2) is 8.01. The minimum Gasteiger partial charge on any atom is -0.493 e. The van der Waals surface area contributed by atoms with Crippen LogP contribution in [0, 0.1) is 5.82 Å². The van der Waals surface area contributed by atoms with Crippen molar-refractivity contribution < 1.29 is 9.13 Å². The number of nitrogens with two attached hydrogens (primary N) is 1. The molecule has 0 aliphatic carbocycles. The zero-order valence-electron chi connectivity index (χ0n) is 14.7. The predicted molar refractivity (Wildman–Crippen MR) is 101 cm³/mol. The maximum atomic E-state index is 12.9. The van der Waals surface area contributed by atoms with Gasteiger partial charge < -0.3 is 21.1 Å². The molecule has 1 aliphatic heterocycles. The first-order valence-electron chi connectivity index (χ1n) is 8.56. The highest BCUT2D eigenvalue weighted by Gasteiger charge is 2.25. The van der Waals surface area contributed by atoms with Gasteiger partial charge in [-0.3, -0.25) is 0 Å². The maximum Gasteiger partial charge on any atom is 0.135 e. The molecule has 0 spiro atoms. The van der Waals surface area contributed by atoms with Crippen LogP contribution in [0.3, 0.4) is 0 Å². The zero-order chi connectivity index (χ0) is 18.4. The summed E-state index contributed by atoms with van der Waals surface area (Å²) in [7, 11) is 0. The Hall–Kier alpha value is -2.86. The third kappa shape index (κ3) is 4.83. The minimum absolute atomic E-state index is 0.126. The molecule has 0 aromatic heterocycles. The molecule has 0 saturated heterocycles. The first-order chi connectivity index (χ1) is 12.5. The van der Waals surface area contributed by atoms with Crippen LogP contribution in [-0.2, 0) is 0 Å². The van der Waals surface area contributed by atoms with Gasteiger partial charge in [0.1, 0.15) is 23.1 Å². The van der Waals surface area contributed by atoms with Crippen LogP contribution in [0.4, 0.5) is 4.39 Å². The third-order valence-corrected chi connectivity index (χ3v) is 4.18. The summed E-state index contributed by atoms with van der Waals surface area (Å²) in [4.78, 5) is 4.32. The smallest absolute Gasteiger partial charge is 0.135 e. The first kappa shape index (κ1) is 17.9. The lowest BCUT2D eigenvalue weighted by atomic mass is 10.1. The fraction of sp³-hybridized carbons (Fsp3) is 0.250. The quantitative estimate of drug-likeness (QED) is 0.715. The van der Waals surface area contributed by atoms with Gasteiger partial charge in [-0.25, -0.2) is 9.38 Å². The largest absolute Gasteiger partial charge is 0.493 e. The normalized spacial score (nSPS) is 20.0. The Bertz CT molecular complexity index is 776. The van der Waals surface area contributed by atoms with Gasteiger partial charge in [-0.05, 0) is 42.8 Å². The molecular weight excluding hydrogens is 331 g/mol. The van der Waals surface area contributed by atoms with E-state index < -0.39 is 5.66 Å². The molecule has 0 amide bonds. The van der Waals surface area contributed by atoms with E-state index in [9.17, 15) is 4.39 Å². The summed E-state index contributed by atoms with van der Waals surface area (Å²) in [5.74, 6) is 1.12. The minimum atomic E-state index is -0.857. The summed E-state index contributed by atoms with van der Waals surface area (Å²) in [5, 5.41) is 6.49. The summed E-state index contributed by atoms with van der Waals surface area (Å²) < 4.78 is 18.5. The molecule has 0 saturated carbocycles. The van der Waals surface area contributed by atoms with Crippen LogP contribution in [0.15, 0.2) is 71.5 Å². The number of ether oxygens (including phenoxy) is 1. The average Bonchev–Trinajstić information content (AvgIpc) is 2.64. The number of hydrogen-bond acceptors (Lipinski definition) is 5. The predicted octanol–water partition coefficient (Wildman–Crippen LogP) is 3.07. The summed E-state index contributed by atoms with van der Waals surface area (Å²) in [5.41, 5.74) is 6.68. The van der Waals surface area contributed by atoms with Crippen molar-refractivity contribution in [2.45, 2.75) is 25.0 Å². The van der Waals surface area contributed by atoms with Gasteiger partial charge in [0.25, 0.3) is 0 Å². The molecule has 0 bridgehead atoms. The van der Waals surface area contributed by atoms with Gasteiger partial charge >= 0.3 is 0 Å². The van der Waals surface area contributed by atoms with Crippen molar-refractivity contribution in [2.24, 2.45) is 10.7 Å². The molecule has 2 aromatic rings. The Morgan fingerprint density at radius 2 is 1.92 bits per heavy atom. The number of rotatable bonds is 7. The van der Waals surface area contributed by atoms with E-state index in [2.05, 4.69) is 34.7 Å². The van der Waals surface area contributed by atoms with E-state index in [0.29, 0.717) is 18.8 Å². The van der Waals surface area contributed by atoms with Crippen molar-refractivity contribution in [3.63, 3.8) is 0 Å². The SMILES string of the molecule is C[C@H](NC1=CC(N)(CCOc2ccc(F)cc2)N=CN1)c1ccccc1. The molecule has 1 unspecified atom stereocenters. The topological polar surface area (TPSA) is 71.7 Å². The Morgan fingerprint density at radius 1 is 1.19 bits per heavy atom. The van der Waals surface area contributed by atoms with E-state index in [1.807, 2.05) is 24.3 Å². The first-order valence-corrected chi connectivity index (χ1v) is 8.56. The number of nitrogens with one attached hydrogen (secondary N) is 2. The Kier molecular flexibility index (Phi) is 5.53. The van der Waals surface area contributed by atoms with E-state index in [4.69, 9.17) is 10.5 Å². The fourth-order valence-electron chi connectivity index (χ4n) is 2.69. The lowest BCUT2D eigenvalue weighted by Crippen LogP contribution is -2.44. The second-order valence-corrected chi connectivity index (χ2v) is 6.28. The van der Waals surface area contributed by atoms with E-state index in [1.165, 1.54) is 17.7 Å². The number of halogens is 1. The summed E-state index contributed by atoms with van der Waals surface area (Å²) in [6.07, 6.45) is 3.95. The highest BCUT2D eigenvalue weighted by Crippen LogP contribution is 2.19. The van der Waals surface area contributed by atoms with Crippen molar-refractivity contribution in [3.05, 3.63) is 77.9 Å². The average molecular weight is 354 g/mol. The molecule has 6 heteroatoms. The summed E-state index contributed by atoms with van der Waals surface area (Å²) in [6.45, 7) is 2.46. The van der Waals surface area contributed by atoms with Gasteiger partial charge in [-0.1, -0.05) is 30.3 Å². The zero-order valence-corrected chi connectivity index (χ0v) is 14.7. The highest BCUT2D eigenvalue weighted by atomic mass is 19.1.